The van der Waals surface area contributed by atoms with Crippen LogP contribution in [0.5, 0.6) is 0 Å². The Bertz CT molecular complexity index is 1310. The number of rotatable bonds is 20. The first kappa shape index (κ1) is 35.5. The number of nitrogens with one attached hydrogen (secondary N) is 4. The third-order valence-corrected chi connectivity index (χ3v) is 6.91. The van der Waals surface area contributed by atoms with Crippen LogP contribution in [0.4, 0.5) is 0 Å². The summed E-state index contributed by atoms with van der Waals surface area (Å²) in [6.45, 7) is 0.532. The smallest absolute Gasteiger partial charge is 0.326 e. The van der Waals surface area contributed by atoms with Gasteiger partial charge in [-0.3, -0.25) is 24.2 Å². The number of para-hydroxylation sites is 1. The van der Waals surface area contributed by atoms with Gasteiger partial charge in [0.15, 0.2) is 5.96 Å². The number of primary amides is 1. The van der Waals surface area contributed by atoms with Crippen LogP contribution in [-0.2, 0) is 30.4 Å². The maximum atomic E-state index is 13.7. The normalized spacial score (nSPS) is 13.7. The summed E-state index contributed by atoms with van der Waals surface area (Å²) in [7, 11) is 0. The molecule has 0 aliphatic rings. The number of fused-ring (bicyclic) bond motifs is 1. The van der Waals surface area contributed by atoms with E-state index in [1.165, 1.54) is 0 Å². The van der Waals surface area contributed by atoms with Crippen molar-refractivity contribution in [2.75, 3.05) is 13.1 Å². The minimum absolute atomic E-state index is 0.0286. The average molecular weight is 617 g/mol. The van der Waals surface area contributed by atoms with Gasteiger partial charge >= 0.3 is 5.97 Å². The predicted molar refractivity (Wildman–Crippen MR) is 165 cm³/mol. The Morgan fingerprint density at radius 3 is 2.14 bits per heavy atom. The van der Waals surface area contributed by atoms with E-state index in [1.54, 1.807) is 6.20 Å². The Hall–Kier alpha value is -4.70. The molecule has 2 rings (SSSR count). The summed E-state index contributed by atoms with van der Waals surface area (Å²) in [6.07, 6.45) is 3.13. The van der Waals surface area contributed by atoms with E-state index in [-0.39, 0.29) is 51.0 Å². The number of carboxylic acids is 1. The summed E-state index contributed by atoms with van der Waals surface area (Å²) in [6, 6.07) is 2.70. The zero-order valence-electron chi connectivity index (χ0n) is 24.6. The molecule has 16 heteroatoms. The molecule has 0 radical (unpaired) electrons. The van der Waals surface area contributed by atoms with Crippen molar-refractivity contribution in [1.82, 2.24) is 20.9 Å². The van der Waals surface area contributed by atoms with E-state index in [2.05, 4.69) is 25.9 Å². The SMILES string of the molecule is NCCCCC(NC(=O)C(CCCN=C(N)N)NC(=O)C(Cc1c[nH]c2ccccc12)NC(=O)C(N)CCC(N)=O)C(=O)O. The summed E-state index contributed by atoms with van der Waals surface area (Å²) >= 11 is 0. The number of carbonyl (C=O) groups is 5. The van der Waals surface area contributed by atoms with Crippen molar-refractivity contribution < 1.29 is 29.1 Å². The van der Waals surface area contributed by atoms with Gasteiger partial charge in [0.25, 0.3) is 0 Å². The van der Waals surface area contributed by atoms with Crippen LogP contribution in [0.15, 0.2) is 35.5 Å². The average Bonchev–Trinajstić information content (AvgIpc) is 3.38. The van der Waals surface area contributed by atoms with Gasteiger partial charge in [-0.25, -0.2) is 4.79 Å². The molecule has 4 amide bonds. The first-order valence-corrected chi connectivity index (χ1v) is 14.4. The number of carbonyl (C=O) groups excluding carboxylic acids is 4. The van der Waals surface area contributed by atoms with Crippen LogP contribution in [0, 0.1) is 0 Å². The molecule has 4 unspecified atom stereocenters. The number of hydrogen-bond acceptors (Lipinski definition) is 8. The first-order valence-electron chi connectivity index (χ1n) is 14.4. The van der Waals surface area contributed by atoms with Crippen LogP contribution in [0.2, 0.25) is 0 Å². The Labute approximate surface area is 254 Å². The second-order valence-corrected chi connectivity index (χ2v) is 10.4. The number of aromatic nitrogens is 1. The van der Waals surface area contributed by atoms with E-state index < -0.39 is 53.8 Å². The summed E-state index contributed by atoms with van der Waals surface area (Å²) in [5, 5.41) is 18.2. The highest BCUT2D eigenvalue weighted by Crippen LogP contribution is 2.19. The van der Waals surface area contributed by atoms with Crippen molar-refractivity contribution in [3.63, 3.8) is 0 Å². The van der Waals surface area contributed by atoms with E-state index in [0.29, 0.717) is 24.9 Å². The number of benzene rings is 1. The fourth-order valence-corrected chi connectivity index (χ4v) is 4.50. The summed E-state index contributed by atoms with van der Waals surface area (Å²) < 4.78 is 0. The van der Waals surface area contributed by atoms with Crippen molar-refractivity contribution in [2.24, 2.45) is 33.7 Å². The number of hydrogen-bond donors (Lipinski definition) is 10. The van der Waals surface area contributed by atoms with Crippen molar-refractivity contribution in [3.8, 4) is 0 Å². The monoisotopic (exact) mass is 616 g/mol. The standard InChI is InChI=1S/C28H44N10O6/c29-12-4-3-8-21(27(43)44)37-25(41)20(9-5-13-34-28(32)33)36-26(42)22(38-24(40)18(30)10-11-23(31)39)14-16-15-35-19-7-2-1-6-17(16)19/h1-2,6-7,15,18,20-22,35H,3-5,8-14,29-30H2,(H2,31,39)(H,36,42)(H,37,41)(H,38,40)(H,43,44)(H4,32,33,34). The molecule has 15 N–H and O–H groups in total. The molecular weight excluding hydrogens is 572 g/mol. The zero-order chi connectivity index (χ0) is 32.6. The van der Waals surface area contributed by atoms with Gasteiger partial charge in [0, 0.05) is 36.5 Å². The lowest BCUT2D eigenvalue weighted by Gasteiger charge is -2.25. The predicted octanol–water partition coefficient (Wildman–Crippen LogP) is -1.98. The van der Waals surface area contributed by atoms with Crippen LogP contribution >= 0.6 is 0 Å². The lowest BCUT2D eigenvalue weighted by Crippen LogP contribution is -2.57. The molecule has 0 aliphatic carbocycles. The van der Waals surface area contributed by atoms with Gasteiger partial charge in [0.2, 0.25) is 23.6 Å². The van der Waals surface area contributed by atoms with Gasteiger partial charge in [-0.15, -0.1) is 0 Å². The summed E-state index contributed by atoms with van der Waals surface area (Å²) in [5.41, 5.74) is 28.9. The molecular formula is C28H44N10O6. The lowest BCUT2D eigenvalue weighted by atomic mass is 10.0. The molecule has 1 aromatic heterocycles. The highest BCUT2D eigenvalue weighted by atomic mass is 16.4. The van der Waals surface area contributed by atoms with Gasteiger partial charge in [-0.05, 0) is 56.7 Å². The number of unbranched alkanes of at least 4 members (excludes halogenated alkanes) is 1. The first-order chi connectivity index (χ1) is 20.9. The molecule has 0 saturated heterocycles. The number of aliphatic carboxylic acids is 1. The van der Waals surface area contributed by atoms with Crippen LogP contribution < -0.4 is 44.6 Å². The van der Waals surface area contributed by atoms with E-state index in [9.17, 15) is 29.1 Å². The molecule has 0 fully saturated rings. The third-order valence-electron chi connectivity index (χ3n) is 6.91. The van der Waals surface area contributed by atoms with Crippen LogP contribution in [0.1, 0.15) is 50.5 Å². The number of aromatic amines is 1. The summed E-state index contributed by atoms with van der Waals surface area (Å²) in [5.74, 6) is -4.11. The quantitative estimate of drug-likeness (QED) is 0.0444. The molecule has 1 aromatic carbocycles. The Kier molecular flexibility index (Phi) is 14.6. The fourth-order valence-electron chi connectivity index (χ4n) is 4.50. The molecule has 16 nitrogen and oxygen atoms in total. The minimum atomic E-state index is -1.23. The van der Waals surface area contributed by atoms with Crippen molar-refractivity contribution in [1.29, 1.82) is 0 Å². The number of carboxylic acid groups (broad SMARTS) is 1. The molecule has 1 heterocycles. The van der Waals surface area contributed by atoms with Gasteiger partial charge < -0.3 is 54.7 Å². The summed E-state index contributed by atoms with van der Waals surface area (Å²) in [4.78, 5) is 69.9. The highest BCUT2D eigenvalue weighted by molar-refractivity contribution is 5.95. The number of aliphatic imine (C=N–C) groups is 1. The van der Waals surface area contributed by atoms with Crippen LogP contribution in [0.3, 0.4) is 0 Å². The van der Waals surface area contributed by atoms with Crippen molar-refractivity contribution >= 4 is 46.5 Å². The molecule has 0 spiro atoms. The van der Waals surface area contributed by atoms with E-state index in [0.717, 1.165) is 10.9 Å². The van der Waals surface area contributed by atoms with E-state index in [4.69, 9.17) is 28.7 Å². The Balaban J connectivity index is 2.30. The number of nitrogens with two attached hydrogens (primary N) is 5. The third kappa shape index (κ3) is 11.9. The van der Waals surface area contributed by atoms with E-state index >= 15 is 0 Å². The van der Waals surface area contributed by atoms with Crippen LogP contribution in [0.25, 0.3) is 10.9 Å². The second kappa shape index (κ2) is 18.1. The Morgan fingerprint density at radius 1 is 0.841 bits per heavy atom. The maximum absolute atomic E-state index is 13.7. The van der Waals surface area contributed by atoms with E-state index in [1.807, 2.05) is 24.3 Å². The van der Waals surface area contributed by atoms with Gasteiger partial charge in [-0.1, -0.05) is 18.2 Å². The highest BCUT2D eigenvalue weighted by Gasteiger charge is 2.31. The van der Waals surface area contributed by atoms with Gasteiger partial charge in [-0.2, -0.15) is 0 Å². The van der Waals surface area contributed by atoms with Crippen molar-refractivity contribution in [3.05, 3.63) is 36.0 Å². The fraction of sp³-hybridized carbons (Fsp3) is 0.500. The largest absolute Gasteiger partial charge is 0.480 e. The molecule has 242 valence electrons. The molecule has 44 heavy (non-hydrogen) atoms. The topological polar surface area (TPSA) is 300 Å². The second-order valence-electron chi connectivity index (χ2n) is 10.4. The molecule has 2 aromatic rings. The van der Waals surface area contributed by atoms with Crippen molar-refractivity contribution in [2.45, 2.75) is 75.5 Å². The molecule has 4 atom stereocenters. The molecule has 0 bridgehead atoms. The number of H-pyrrole nitrogens is 1. The van der Waals surface area contributed by atoms with Gasteiger partial charge in [0.05, 0.1) is 6.04 Å². The Morgan fingerprint density at radius 2 is 1.48 bits per heavy atom. The van der Waals surface area contributed by atoms with Gasteiger partial charge in [0.1, 0.15) is 18.1 Å². The lowest BCUT2D eigenvalue weighted by molar-refractivity contribution is -0.142. The maximum Gasteiger partial charge on any atom is 0.326 e. The number of guanidine groups is 1. The number of amides is 4. The molecule has 0 aliphatic heterocycles. The number of nitrogens with zero attached hydrogens (tertiary/aromatic N) is 1. The van der Waals surface area contributed by atoms with Crippen LogP contribution in [-0.4, -0.2) is 82.9 Å². The zero-order valence-corrected chi connectivity index (χ0v) is 24.6. The minimum Gasteiger partial charge on any atom is -0.480 e. The molecule has 0 saturated carbocycles.